The largest absolute Gasteiger partial charge is 0.489 e. The molecule has 5 rings (SSSR count). The molecule has 2 heterocycles. The van der Waals surface area contributed by atoms with E-state index in [0.717, 1.165) is 27.8 Å². The minimum absolute atomic E-state index is 0.502. The summed E-state index contributed by atoms with van der Waals surface area (Å²) in [5.41, 5.74) is 2.77. The zero-order valence-corrected chi connectivity index (χ0v) is 16.7. The molecule has 0 N–H and O–H groups in total. The summed E-state index contributed by atoms with van der Waals surface area (Å²) >= 11 is 0. The molecule has 0 aliphatic rings. The summed E-state index contributed by atoms with van der Waals surface area (Å²) in [5, 5.41) is 0.847. The van der Waals surface area contributed by atoms with Crippen LogP contribution in [0, 0.1) is 0 Å². The van der Waals surface area contributed by atoms with Crippen molar-refractivity contribution in [3.8, 4) is 28.8 Å². The van der Waals surface area contributed by atoms with Gasteiger partial charge in [0.25, 0.3) is 0 Å². The Balaban J connectivity index is 1.39. The quantitative estimate of drug-likeness (QED) is 0.343. The maximum Gasteiger partial charge on any atom is 0.230 e. The number of fused-ring (bicyclic) bond motifs is 1. The minimum atomic E-state index is 0.502. The van der Waals surface area contributed by atoms with E-state index in [9.17, 15) is 0 Å². The van der Waals surface area contributed by atoms with Crippen LogP contribution in [0.25, 0.3) is 22.3 Å². The summed E-state index contributed by atoms with van der Waals surface area (Å²) < 4.78 is 12.0. The Labute approximate surface area is 180 Å². The predicted molar refractivity (Wildman–Crippen MR) is 120 cm³/mol. The number of pyridine rings is 1. The van der Waals surface area contributed by atoms with E-state index < -0.39 is 0 Å². The molecule has 2 aromatic heterocycles. The first-order chi connectivity index (χ1) is 15.3. The monoisotopic (exact) mass is 405 g/mol. The first-order valence-electron chi connectivity index (χ1n) is 9.97. The van der Waals surface area contributed by atoms with E-state index in [2.05, 4.69) is 15.0 Å². The Morgan fingerprint density at radius 3 is 2.26 bits per heavy atom. The molecular formula is C26H19N3O2. The van der Waals surface area contributed by atoms with Crippen LogP contribution in [0.3, 0.4) is 0 Å². The van der Waals surface area contributed by atoms with Gasteiger partial charge in [-0.2, -0.15) is 4.98 Å². The molecule has 5 aromatic rings. The Kier molecular flexibility index (Phi) is 5.22. The Morgan fingerprint density at radius 1 is 0.677 bits per heavy atom. The fraction of sp³-hybridized carbons (Fsp3) is 0.0385. The Hall–Kier alpha value is -4.25. The molecule has 150 valence electrons. The highest BCUT2D eigenvalue weighted by atomic mass is 16.5. The van der Waals surface area contributed by atoms with E-state index in [1.165, 1.54) is 0 Å². The average Bonchev–Trinajstić information content (AvgIpc) is 2.85. The highest BCUT2D eigenvalue weighted by molar-refractivity contribution is 5.85. The second-order valence-corrected chi connectivity index (χ2v) is 6.96. The number of aromatic nitrogens is 3. The van der Waals surface area contributed by atoms with Gasteiger partial charge in [0.2, 0.25) is 5.88 Å². The zero-order chi connectivity index (χ0) is 20.9. The number of hydrogen-bond donors (Lipinski definition) is 0. The summed E-state index contributed by atoms with van der Waals surface area (Å²) in [4.78, 5) is 13.5. The topological polar surface area (TPSA) is 57.1 Å². The van der Waals surface area contributed by atoms with Gasteiger partial charge in [-0.05, 0) is 54.1 Å². The highest BCUT2D eigenvalue weighted by Gasteiger charge is 2.11. The molecule has 0 fully saturated rings. The van der Waals surface area contributed by atoms with Crippen LogP contribution in [-0.4, -0.2) is 15.0 Å². The molecule has 0 aliphatic heterocycles. The smallest absolute Gasteiger partial charge is 0.230 e. The third-order valence-electron chi connectivity index (χ3n) is 4.77. The van der Waals surface area contributed by atoms with E-state index in [1.807, 2.05) is 91.0 Å². The molecule has 0 saturated carbocycles. The molecule has 0 radical (unpaired) electrons. The first-order valence-corrected chi connectivity index (χ1v) is 9.97. The van der Waals surface area contributed by atoms with Gasteiger partial charge >= 0.3 is 0 Å². The Bertz CT molecular complexity index is 1290. The van der Waals surface area contributed by atoms with Gasteiger partial charge in [0.1, 0.15) is 18.1 Å². The van der Waals surface area contributed by atoms with Gasteiger partial charge in [-0.15, -0.1) is 0 Å². The lowest BCUT2D eigenvalue weighted by Gasteiger charge is -2.11. The zero-order valence-electron chi connectivity index (χ0n) is 16.7. The van der Waals surface area contributed by atoms with Crippen molar-refractivity contribution in [3.05, 3.63) is 109 Å². The second kappa shape index (κ2) is 8.63. The molecule has 31 heavy (non-hydrogen) atoms. The van der Waals surface area contributed by atoms with Crippen molar-refractivity contribution in [2.24, 2.45) is 0 Å². The Morgan fingerprint density at radius 2 is 1.45 bits per heavy atom. The highest BCUT2D eigenvalue weighted by Crippen LogP contribution is 2.30. The number of rotatable bonds is 6. The van der Waals surface area contributed by atoms with Crippen molar-refractivity contribution in [1.29, 1.82) is 0 Å². The first kappa shape index (κ1) is 18.8. The van der Waals surface area contributed by atoms with Crippen molar-refractivity contribution in [2.75, 3.05) is 0 Å². The fourth-order valence-corrected chi connectivity index (χ4v) is 3.21. The molecule has 0 aliphatic carbocycles. The molecule has 0 saturated heterocycles. The number of nitrogens with zero attached hydrogens (tertiary/aromatic N) is 3. The maximum atomic E-state index is 6.14. The van der Waals surface area contributed by atoms with Gasteiger partial charge < -0.3 is 9.47 Å². The summed E-state index contributed by atoms with van der Waals surface area (Å²) in [7, 11) is 0. The van der Waals surface area contributed by atoms with Gasteiger partial charge in [0.15, 0.2) is 5.82 Å². The van der Waals surface area contributed by atoms with E-state index in [1.54, 1.807) is 12.4 Å². The van der Waals surface area contributed by atoms with Gasteiger partial charge in [0.05, 0.1) is 10.9 Å². The van der Waals surface area contributed by atoms with Crippen LogP contribution in [0.4, 0.5) is 0 Å². The summed E-state index contributed by atoms with van der Waals surface area (Å²) in [6.07, 6.45) is 3.47. The van der Waals surface area contributed by atoms with Crippen LogP contribution in [-0.2, 0) is 6.61 Å². The predicted octanol–water partition coefficient (Wildman–Crippen LogP) is 6.06. The fourth-order valence-electron chi connectivity index (χ4n) is 3.21. The molecule has 0 atom stereocenters. The van der Waals surface area contributed by atoms with Crippen LogP contribution in [0.15, 0.2) is 103 Å². The molecule has 5 nitrogen and oxygen atoms in total. The maximum absolute atomic E-state index is 6.14. The SMILES string of the molecule is c1ccc(COc2ccc(Oc3nc(-c4cccnc4)nc4ccccc34)cc2)cc1. The van der Waals surface area contributed by atoms with Crippen molar-refractivity contribution >= 4 is 10.9 Å². The lowest BCUT2D eigenvalue weighted by Crippen LogP contribution is -1.97. The van der Waals surface area contributed by atoms with E-state index >= 15 is 0 Å². The van der Waals surface area contributed by atoms with Crippen molar-refractivity contribution < 1.29 is 9.47 Å². The molecule has 0 unspecified atom stereocenters. The summed E-state index contributed by atoms with van der Waals surface area (Å²) in [6.45, 7) is 0.520. The summed E-state index contributed by atoms with van der Waals surface area (Å²) in [5.74, 6) is 2.53. The van der Waals surface area contributed by atoms with Crippen LogP contribution in [0.5, 0.6) is 17.4 Å². The summed E-state index contributed by atoms with van der Waals surface area (Å²) in [6, 6.07) is 29.2. The van der Waals surface area contributed by atoms with E-state index in [4.69, 9.17) is 9.47 Å². The molecule has 0 amide bonds. The van der Waals surface area contributed by atoms with Crippen LogP contribution >= 0.6 is 0 Å². The minimum Gasteiger partial charge on any atom is -0.489 e. The van der Waals surface area contributed by atoms with Gasteiger partial charge in [0, 0.05) is 18.0 Å². The molecule has 0 spiro atoms. The van der Waals surface area contributed by atoms with E-state index in [0.29, 0.717) is 24.1 Å². The number of benzene rings is 3. The molecular weight excluding hydrogens is 386 g/mol. The normalized spacial score (nSPS) is 10.7. The molecule has 5 heteroatoms. The standard InChI is InChI=1S/C26H19N3O2/c1-2-7-19(8-3-1)18-30-21-12-14-22(15-13-21)31-26-23-10-4-5-11-24(23)28-25(29-26)20-9-6-16-27-17-20/h1-17H,18H2. The second-order valence-electron chi connectivity index (χ2n) is 6.96. The van der Waals surface area contributed by atoms with Crippen LogP contribution in [0.2, 0.25) is 0 Å². The van der Waals surface area contributed by atoms with Gasteiger partial charge in [-0.1, -0.05) is 42.5 Å². The number of hydrogen-bond acceptors (Lipinski definition) is 5. The van der Waals surface area contributed by atoms with Crippen molar-refractivity contribution in [3.63, 3.8) is 0 Å². The van der Waals surface area contributed by atoms with Crippen molar-refractivity contribution in [2.45, 2.75) is 6.61 Å². The number of ether oxygens (including phenoxy) is 2. The lowest BCUT2D eigenvalue weighted by molar-refractivity contribution is 0.305. The lowest BCUT2D eigenvalue weighted by atomic mass is 10.2. The van der Waals surface area contributed by atoms with Gasteiger partial charge in [-0.3, -0.25) is 4.98 Å². The molecule has 3 aromatic carbocycles. The van der Waals surface area contributed by atoms with E-state index in [-0.39, 0.29) is 0 Å². The third-order valence-corrected chi connectivity index (χ3v) is 4.77. The van der Waals surface area contributed by atoms with Gasteiger partial charge in [-0.25, -0.2) is 4.98 Å². The van der Waals surface area contributed by atoms with Crippen LogP contribution < -0.4 is 9.47 Å². The van der Waals surface area contributed by atoms with Crippen LogP contribution in [0.1, 0.15) is 5.56 Å². The van der Waals surface area contributed by atoms with Crippen molar-refractivity contribution in [1.82, 2.24) is 15.0 Å². The number of para-hydroxylation sites is 1. The average molecular weight is 405 g/mol. The third kappa shape index (κ3) is 4.36. The molecule has 0 bridgehead atoms.